The number of carbonyl (C=O) groups is 1. The van der Waals surface area contributed by atoms with Crippen molar-refractivity contribution in [3.8, 4) is 0 Å². The Morgan fingerprint density at radius 2 is 1.84 bits per heavy atom. The number of likely N-dealkylation sites (tertiary alicyclic amines) is 1. The van der Waals surface area contributed by atoms with E-state index in [-0.39, 0.29) is 6.03 Å². The van der Waals surface area contributed by atoms with Crippen molar-refractivity contribution in [2.45, 2.75) is 70.5 Å². The van der Waals surface area contributed by atoms with Gasteiger partial charge in [0.2, 0.25) is 5.89 Å². The summed E-state index contributed by atoms with van der Waals surface area (Å²) in [6.07, 6.45) is 7.97. The molecule has 0 aromatic carbocycles. The van der Waals surface area contributed by atoms with Gasteiger partial charge in [0.1, 0.15) is 0 Å². The van der Waals surface area contributed by atoms with Crippen molar-refractivity contribution in [3.05, 3.63) is 11.7 Å². The van der Waals surface area contributed by atoms with Crippen molar-refractivity contribution in [1.29, 1.82) is 0 Å². The minimum Gasteiger partial charge on any atom is -0.340 e. The molecule has 0 N–H and O–H groups in total. The maximum atomic E-state index is 12.8. The summed E-state index contributed by atoms with van der Waals surface area (Å²) >= 11 is 0. The van der Waals surface area contributed by atoms with Crippen LogP contribution >= 0.6 is 0 Å². The highest BCUT2D eigenvalue weighted by molar-refractivity contribution is 5.74. The Labute approximate surface area is 150 Å². The van der Waals surface area contributed by atoms with Crippen molar-refractivity contribution >= 4 is 6.03 Å². The SMILES string of the molecule is Cc1nc(CN(C)[C@H]2CCCN(C(=O)N(C)C3CCCC3)CC2)no1. The molecule has 7 heteroatoms. The Morgan fingerprint density at radius 1 is 1.12 bits per heavy atom. The highest BCUT2D eigenvalue weighted by Crippen LogP contribution is 2.24. The molecule has 3 rings (SSSR count). The molecule has 2 aliphatic rings. The van der Waals surface area contributed by atoms with Crippen LogP contribution in [0.25, 0.3) is 0 Å². The average Bonchev–Trinajstić information content (AvgIpc) is 3.20. The zero-order chi connectivity index (χ0) is 17.8. The van der Waals surface area contributed by atoms with Crippen LogP contribution < -0.4 is 0 Å². The molecule has 1 atom stereocenters. The van der Waals surface area contributed by atoms with Gasteiger partial charge < -0.3 is 14.3 Å². The number of rotatable bonds is 4. The van der Waals surface area contributed by atoms with E-state index in [1.807, 2.05) is 23.8 Å². The standard InChI is InChI=1S/C18H31N5O2/c1-14-19-17(20-25-14)13-21(2)15-9-6-11-23(12-10-15)18(24)22(3)16-7-4-5-8-16/h15-16H,4-13H2,1-3H3/t15-/m0/s1. The molecule has 1 aromatic rings. The van der Waals surface area contributed by atoms with Gasteiger partial charge in [-0.15, -0.1) is 0 Å². The number of hydrogen-bond donors (Lipinski definition) is 0. The molecule has 7 nitrogen and oxygen atoms in total. The second-order valence-corrected chi connectivity index (χ2v) is 7.55. The van der Waals surface area contributed by atoms with Crippen LogP contribution in [0.2, 0.25) is 0 Å². The van der Waals surface area contributed by atoms with E-state index in [2.05, 4.69) is 22.1 Å². The topological polar surface area (TPSA) is 65.7 Å². The predicted molar refractivity (Wildman–Crippen MR) is 95.1 cm³/mol. The van der Waals surface area contributed by atoms with Crippen molar-refractivity contribution in [2.24, 2.45) is 0 Å². The van der Waals surface area contributed by atoms with E-state index in [0.717, 1.165) is 51.0 Å². The Balaban J connectivity index is 1.51. The summed E-state index contributed by atoms with van der Waals surface area (Å²) < 4.78 is 5.05. The van der Waals surface area contributed by atoms with Crippen molar-refractivity contribution in [1.82, 2.24) is 24.8 Å². The fourth-order valence-corrected chi connectivity index (χ4v) is 4.14. The fraction of sp³-hybridized carbons (Fsp3) is 0.833. The number of urea groups is 1. The van der Waals surface area contributed by atoms with E-state index in [0.29, 0.717) is 24.5 Å². The van der Waals surface area contributed by atoms with Gasteiger partial charge in [0.15, 0.2) is 5.82 Å². The van der Waals surface area contributed by atoms with Gasteiger partial charge in [0.05, 0.1) is 6.54 Å². The number of carbonyl (C=O) groups excluding carboxylic acids is 1. The van der Waals surface area contributed by atoms with Crippen LogP contribution in [0.1, 0.15) is 56.7 Å². The lowest BCUT2D eigenvalue weighted by molar-refractivity contribution is 0.146. The smallest absolute Gasteiger partial charge is 0.319 e. The zero-order valence-corrected chi connectivity index (χ0v) is 15.8. The first-order chi connectivity index (χ1) is 12.0. The molecule has 0 spiro atoms. The summed E-state index contributed by atoms with van der Waals surface area (Å²) in [6, 6.07) is 1.10. The maximum Gasteiger partial charge on any atom is 0.319 e. The van der Waals surface area contributed by atoms with E-state index in [1.54, 1.807) is 0 Å². The van der Waals surface area contributed by atoms with E-state index in [9.17, 15) is 4.79 Å². The molecule has 2 heterocycles. The van der Waals surface area contributed by atoms with Crippen LogP contribution in [0.4, 0.5) is 4.79 Å². The van der Waals surface area contributed by atoms with Gasteiger partial charge in [0.25, 0.3) is 0 Å². The van der Waals surface area contributed by atoms with E-state index >= 15 is 0 Å². The predicted octanol–water partition coefficient (Wildman–Crippen LogP) is 2.66. The van der Waals surface area contributed by atoms with Gasteiger partial charge in [-0.05, 0) is 39.2 Å². The second kappa shape index (κ2) is 8.17. The van der Waals surface area contributed by atoms with E-state index in [4.69, 9.17) is 4.52 Å². The fourth-order valence-electron chi connectivity index (χ4n) is 4.14. The number of amides is 2. The molecule has 2 amide bonds. The molecule has 1 saturated heterocycles. The first kappa shape index (κ1) is 18.2. The normalized spacial score (nSPS) is 22.4. The Bertz CT molecular complexity index is 570. The molecule has 0 radical (unpaired) electrons. The van der Waals surface area contributed by atoms with Gasteiger partial charge in [-0.3, -0.25) is 4.90 Å². The third-order valence-corrected chi connectivity index (χ3v) is 5.73. The summed E-state index contributed by atoms with van der Waals surface area (Å²) in [5, 5.41) is 3.99. The van der Waals surface area contributed by atoms with Gasteiger partial charge in [0, 0.05) is 39.1 Å². The van der Waals surface area contributed by atoms with E-state index < -0.39 is 0 Å². The number of hydrogen-bond acceptors (Lipinski definition) is 5. The molecule has 140 valence electrons. The third kappa shape index (κ3) is 4.51. The molecule has 25 heavy (non-hydrogen) atoms. The minimum absolute atomic E-state index is 0.212. The largest absolute Gasteiger partial charge is 0.340 e. The highest BCUT2D eigenvalue weighted by atomic mass is 16.5. The minimum atomic E-state index is 0.212. The molecule has 1 aliphatic heterocycles. The lowest BCUT2D eigenvalue weighted by Crippen LogP contribution is -2.45. The first-order valence-corrected chi connectivity index (χ1v) is 9.55. The zero-order valence-electron chi connectivity index (χ0n) is 15.8. The molecule has 0 unspecified atom stereocenters. The number of nitrogens with zero attached hydrogens (tertiary/aromatic N) is 5. The van der Waals surface area contributed by atoms with Crippen LogP contribution in [0.5, 0.6) is 0 Å². The van der Waals surface area contributed by atoms with Crippen LogP contribution in [0, 0.1) is 6.92 Å². The van der Waals surface area contributed by atoms with Gasteiger partial charge in [-0.1, -0.05) is 18.0 Å². The number of aromatic nitrogens is 2. The van der Waals surface area contributed by atoms with Gasteiger partial charge in [-0.25, -0.2) is 4.79 Å². The molecule has 2 fully saturated rings. The summed E-state index contributed by atoms with van der Waals surface area (Å²) in [6.45, 7) is 4.20. The van der Waals surface area contributed by atoms with Gasteiger partial charge in [-0.2, -0.15) is 4.98 Å². The number of aryl methyl sites for hydroxylation is 1. The maximum absolute atomic E-state index is 12.8. The summed E-state index contributed by atoms with van der Waals surface area (Å²) in [5.41, 5.74) is 0. The molecular formula is C18H31N5O2. The van der Waals surface area contributed by atoms with Crippen LogP contribution in [0.3, 0.4) is 0 Å². The highest BCUT2D eigenvalue weighted by Gasteiger charge is 2.29. The Hall–Kier alpha value is -1.63. The molecule has 1 aromatic heterocycles. The summed E-state index contributed by atoms with van der Waals surface area (Å²) in [4.78, 5) is 23.4. The molecular weight excluding hydrogens is 318 g/mol. The average molecular weight is 349 g/mol. The Morgan fingerprint density at radius 3 is 2.52 bits per heavy atom. The van der Waals surface area contributed by atoms with Crippen LogP contribution in [-0.2, 0) is 6.54 Å². The third-order valence-electron chi connectivity index (χ3n) is 5.73. The van der Waals surface area contributed by atoms with E-state index in [1.165, 1.54) is 12.8 Å². The molecule has 1 saturated carbocycles. The lowest BCUT2D eigenvalue weighted by Gasteiger charge is -2.31. The van der Waals surface area contributed by atoms with Gasteiger partial charge >= 0.3 is 6.03 Å². The summed E-state index contributed by atoms with van der Waals surface area (Å²) in [7, 11) is 4.09. The summed E-state index contributed by atoms with van der Waals surface area (Å²) in [5.74, 6) is 1.34. The first-order valence-electron chi connectivity index (χ1n) is 9.55. The monoisotopic (exact) mass is 349 g/mol. The second-order valence-electron chi connectivity index (χ2n) is 7.55. The Kier molecular flexibility index (Phi) is 5.93. The van der Waals surface area contributed by atoms with Crippen LogP contribution in [-0.4, -0.2) is 70.1 Å². The van der Waals surface area contributed by atoms with Crippen molar-refractivity contribution < 1.29 is 9.32 Å². The van der Waals surface area contributed by atoms with Crippen LogP contribution in [0.15, 0.2) is 4.52 Å². The quantitative estimate of drug-likeness (QED) is 0.836. The molecule has 1 aliphatic carbocycles. The lowest BCUT2D eigenvalue weighted by atomic mass is 10.1. The van der Waals surface area contributed by atoms with Crippen molar-refractivity contribution in [2.75, 3.05) is 27.2 Å². The molecule has 0 bridgehead atoms. The van der Waals surface area contributed by atoms with Crippen molar-refractivity contribution in [3.63, 3.8) is 0 Å².